The fourth-order valence-corrected chi connectivity index (χ4v) is 3.03. The number of hydrogen-bond donors (Lipinski definition) is 1. The molecule has 0 aliphatic carbocycles. The number of urea groups is 1. The first-order chi connectivity index (χ1) is 10.6. The minimum atomic E-state index is -0.0326. The molecular weight excluding hydrogens is 276 g/mol. The van der Waals surface area contributed by atoms with Crippen molar-refractivity contribution >= 4 is 6.03 Å². The molecule has 1 aliphatic heterocycles. The first-order valence-electron chi connectivity index (χ1n) is 8.29. The van der Waals surface area contributed by atoms with Crippen LogP contribution < -0.4 is 5.32 Å². The SMILES string of the molecule is CCN1CCCC[C@@H]1CNC(=O)N(C)[C@@H](C)c1ccccn1. The van der Waals surface area contributed by atoms with Crippen molar-refractivity contribution in [3.63, 3.8) is 0 Å². The number of aromatic nitrogens is 1. The van der Waals surface area contributed by atoms with E-state index in [1.165, 1.54) is 19.3 Å². The van der Waals surface area contributed by atoms with Crippen LogP contribution in [0.25, 0.3) is 0 Å². The van der Waals surface area contributed by atoms with Crippen molar-refractivity contribution in [1.29, 1.82) is 0 Å². The zero-order valence-electron chi connectivity index (χ0n) is 14.0. The van der Waals surface area contributed by atoms with Crippen LogP contribution in [-0.4, -0.2) is 53.5 Å². The molecule has 1 saturated heterocycles. The van der Waals surface area contributed by atoms with Crippen molar-refractivity contribution in [1.82, 2.24) is 20.1 Å². The summed E-state index contributed by atoms with van der Waals surface area (Å²) in [5.74, 6) is 0. The van der Waals surface area contributed by atoms with Gasteiger partial charge in [0.15, 0.2) is 0 Å². The van der Waals surface area contributed by atoms with Gasteiger partial charge in [-0.1, -0.05) is 19.4 Å². The zero-order valence-corrected chi connectivity index (χ0v) is 14.0. The topological polar surface area (TPSA) is 48.5 Å². The molecule has 22 heavy (non-hydrogen) atoms. The predicted molar refractivity (Wildman–Crippen MR) is 88.7 cm³/mol. The molecule has 1 aromatic rings. The number of pyridine rings is 1. The molecule has 0 bridgehead atoms. The van der Waals surface area contributed by atoms with Crippen molar-refractivity contribution in [2.45, 2.75) is 45.2 Å². The molecule has 2 rings (SSSR count). The highest BCUT2D eigenvalue weighted by Crippen LogP contribution is 2.17. The third kappa shape index (κ3) is 4.19. The molecule has 1 aliphatic rings. The van der Waals surface area contributed by atoms with Gasteiger partial charge in [-0.15, -0.1) is 0 Å². The molecule has 0 spiro atoms. The summed E-state index contributed by atoms with van der Waals surface area (Å²) in [6.45, 7) is 7.13. The quantitative estimate of drug-likeness (QED) is 0.910. The summed E-state index contributed by atoms with van der Waals surface area (Å²) in [6, 6.07) is 6.20. The highest BCUT2D eigenvalue weighted by molar-refractivity contribution is 5.74. The van der Waals surface area contributed by atoms with Gasteiger partial charge in [0, 0.05) is 25.8 Å². The number of likely N-dealkylation sites (N-methyl/N-ethyl adjacent to an activating group) is 1. The van der Waals surface area contributed by atoms with Crippen LogP contribution in [0.2, 0.25) is 0 Å². The highest BCUT2D eigenvalue weighted by Gasteiger charge is 2.23. The molecule has 5 nitrogen and oxygen atoms in total. The predicted octanol–water partition coefficient (Wildman–Crippen LogP) is 2.66. The first kappa shape index (κ1) is 16.7. The summed E-state index contributed by atoms with van der Waals surface area (Å²) >= 11 is 0. The van der Waals surface area contributed by atoms with E-state index in [2.05, 4.69) is 22.1 Å². The largest absolute Gasteiger partial charge is 0.336 e. The summed E-state index contributed by atoms with van der Waals surface area (Å²) in [7, 11) is 1.83. The van der Waals surface area contributed by atoms with E-state index in [9.17, 15) is 4.79 Å². The standard InChI is InChI=1S/C17H28N4O/c1-4-21-12-8-6-9-15(21)13-19-17(22)20(3)14(2)16-10-5-7-11-18-16/h5,7,10-11,14-15H,4,6,8-9,12-13H2,1-3H3,(H,19,22)/t14-,15+/m0/s1. The molecule has 2 heterocycles. The van der Waals surface area contributed by atoms with E-state index in [4.69, 9.17) is 0 Å². The summed E-state index contributed by atoms with van der Waals surface area (Å²) < 4.78 is 0. The molecule has 5 heteroatoms. The Hall–Kier alpha value is -1.62. The molecule has 1 aromatic heterocycles. The number of amides is 2. The summed E-state index contributed by atoms with van der Waals surface area (Å²) in [4.78, 5) is 20.9. The highest BCUT2D eigenvalue weighted by atomic mass is 16.2. The van der Waals surface area contributed by atoms with Gasteiger partial charge in [0.2, 0.25) is 0 Å². The van der Waals surface area contributed by atoms with Gasteiger partial charge in [-0.3, -0.25) is 9.88 Å². The van der Waals surface area contributed by atoms with Crippen LogP contribution in [-0.2, 0) is 0 Å². The fraction of sp³-hybridized carbons (Fsp3) is 0.647. The van der Waals surface area contributed by atoms with Crippen LogP contribution in [0.4, 0.5) is 4.79 Å². The molecule has 122 valence electrons. The summed E-state index contributed by atoms with van der Waals surface area (Å²) in [6.07, 6.45) is 5.47. The molecule has 0 radical (unpaired) electrons. The average molecular weight is 304 g/mol. The van der Waals surface area contributed by atoms with Gasteiger partial charge in [-0.25, -0.2) is 4.79 Å². The first-order valence-corrected chi connectivity index (χ1v) is 8.29. The van der Waals surface area contributed by atoms with E-state index in [-0.39, 0.29) is 12.1 Å². The third-order valence-electron chi connectivity index (χ3n) is 4.66. The maximum atomic E-state index is 12.4. The molecule has 0 aromatic carbocycles. The number of hydrogen-bond acceptors (Lipinski definition) is 3. The maximum Gasteiger partial charge on any atom is 0.317 e. The Morgan fingerprint density at radius 1 is 1.50 bits per heavy atom. The lowest BCUT2D eigenvalue weighted by Crippen LogP contribution is -2.49. The van der Waals surface area contributed by atoms with Crippen LogP contribution in [0.3, 0.4) is 0 Å². The van der Waals surface area contributed by atoms with Crippen LogP contribution >= 0.6 is 0 Å². The number of nitrogens with zero attached hydrogens (tertiary/aromatic N) is 3. The van der Waals surface area contributed by atoms with E-state index in [1.807, 2.05) is 32.2 Å². The van der Waals surface area contributed by atoms with Gasteiger partial charge in [-0.05, 0) is 45.0 Å². The minimum Gasteiger partial charge on any atom is -0.336 e. The lowest BCUT2D eigenvalue weighted by molar-refractivity contribution is 0.147. The molecule has 1 fully saturated rings. The number of carbonyl (C=O) groups is 1. The van der Waals surface area contributed by atoms with E-state index in [1.54, 1.807) is 11.1 Å². The second-order valence-electron chi connectivity index (χ2n) is 6.01. The third-order valence-corrected chi connectivity index (χ3v) is 4.66. The van der Waals surface area contributed by atoms with Crippen molar-refractivity contribution in [2.24, 2.45) is 0 Å². The average Bonchev–Trinajstić information content (AvgIpc) is 2.59. The van der Waals surface area contributed by atoms with Gasteiger partial charge in [0.1, 0.15) is 0 Å². The van der Waals surface area contributed by atoms with Gasteiger partial charge < -0.3 is 10.2 Å². The zero-order chi connectivity index (χ0) is 15.9. The minimum absolute atomic E-state index is 0.0280. The monoisotopic (exact) mass is 304 g/mol. The number of nitrogens with one attached hydrogen (secondary N) is 1. The van der Waals surface area contributed by atoms with E-state index >= 15 is 0 Å². The van der Waals surface area contributed by atoms with Crippen LogP contribution in [0.1, 0.15) is 44.8 Å². The van der Waals surface area contributed by atoms with Crippen LogP contribution in [0.5, 0.6) is 0 Å². The fourth-order valence-electron chi connectivity index (χ4n) is 3.03. The Labute approximate surface area is 133 Å². The maximum absolute atomic E-state index is 12.4. The Bertz CT molecular complexity index is 465. The summed E-state index contributed by atoms with van der Waals surface area (Å²) in [5, 5.41) is 3.08. The molecule has 0 unspecified atom stereocenters. The normalized spacial score (nSPS) is 20.4. The van der Waals surface area contributed by atoms with Crippen molar-refractivity contribution in [3.05, 3.63) is 30.1 Å². The van der Waals surface area contributed by atoms with E-state index in [0.717, 1.165) is 25.3 Å². The number of piperidine rings is 1. The lowest BCUT2D eigenvalue weighted by atomic mass is 10.0. The van der Waals surface area contributed by atoms with Crippen molar-refractivity contribution < 1.29 is 4.79 Å². The van der Waals surface area contributed by atoms with Crippen molar-refractivity contribution in [3.8, 4) is 0 Å². The van der Waals surface area contributed by atoms with E-state index in [0.29, 0.717) is 6.04 Å². The van der Waals surface area contributed by atoms with Gasteiger partial charge in [0.25, 0.3) is 0 Å². The van der Waals surface area contributed by atoms with Gasteiger partial charge in [0.05, 0.1) is 11.7 Å². The van der Waals surface area contributed by atoms with Crippen LogP contribution in [0, 0.1) is 0 Å². The Kier molecular flexibility index (Phi) is 6.19. The van der Waals surface area contributed by atoms with Gasteiger partial charge >= 0.3 is 6.03 Å². The summed E-state index contributed by atoms with van der Waals surface area (Å²) in [5.41, 5.74) is 0.910. The molecule has 2 amide bonds. The second-order valence-corrected chi connectivity index (χ2v) is 6.01. The van der Waals surface area contributed by atoms with Crippen LogP contribution in [0.15, 0.2) is 24.4 Å². The Balaban J connectivity index is 1.86. The smallest absolute Gasteiger partial charge is 0.317 e. The number of carbonyl (C=O) groups excluding carboxylic acids is 1. The molecular formula is C17H28N4O. The van der Waals surface area contributed by atoms with Gasteiger partial charge in [-0.2, -0.15) is 0 Å². The number of rotatable bonds is 5. The Morgan fingerprint density at radius 2 is 2.32 bits per heavy atom. The van der Waals surface area contributed by atoms with Crippen molar-refractivity contribution in [2.75, 3.05) is 26.7 Å². The molecule has 0 saturated carbocycles. The lowest BCUT2D eigenvalue weighted by Gasteiger charge is -2.35. The molecule has 2 atom stereocenters. The Morgan fingerprint density at radius 3 is 3.00 bits per heavy atom. The number of likely N-dealkylation sites (tertiary alicyclic amines) is 1. The molecule has 1 N–H and O–H groups in total. The van der Waals surface area contributed by atoms with E-state index < -0.39 is 0 Å². The second kappa shape index (κ2) is 8.13.